The van der Waals surface area contributed by atoms with Crippen LogP contribution in [0.5, 0.6) is 0 Å². The minimum atomic E-state index is -1.07. The number of hydrogen-bond donors (Lipinski definition) is 1. The molecule has 8 heteroatoms. The summed E-state index contributed by atoms with van der Waals surface area (Å²) in [7, 11) is 0. The van der Waals surface area contributed by atoms with Gasteiger partial charge in [-0.3, -0.25) is 0 Å². The number of carboxylic acid groups (broad SMARTS) is 1. The van der Waals surface area contributed by atoms with Crippen molar-refractivity contribution in [2.24, 2.45) is 0 Å². The van der Waals surface area contributed by atoms with Gasteiger partial charge in [-0.1, -0.05) is 0 Å². The smallest absolute Gasteiger partial charge is 0.354 e. The van der Waals surface area contributed by atoms with Crippen LogP contribution < -0.4 is 0 Å². The van der Waals surface area contributed by atoms with E-state index in [0.29, 0.717) is 9.50 Å². The molecular formula is C7H4N4O2S2. The van der Waals surface area contributed by atoms with Gasteiger partial charge in [-0.2, -0.15) is 4.37 Å². The van der Waals surface area contributed by atoms with E-state index in [0.717, 1.165) is 0 Å². The summed E-state index contributed by atoms with van der Waals surface area (Å²) in [5.41, 5.74) is -0.0305. The first-order valence-corrected chi connectivity index (χ1v) is 5.35. The molecule has 0 fully saturated rings. The Bertz CT molecular complexity index is 474. The van der Waals surface area contributed by atoms with Crippen LogP contribution in [0.4, 0.5) is 0 Å². The summed E-state index contributed by atoms with van der Waals surface area (Å²) in [6, 6.07) is 1.34. The zero-order valence-electron chi connectivity index (χ0n) is 7.19. The number of carboxylic acids is 1. The first-order chi connectivity index (χ1) is 7.25. The molecule has 0 aliphatic heterocycles. The molecule has 2 aromatic rings. The highest BCUT2D eigenvalue weighted by molar-refractivity contribution is 8.00. The molecule has 0 atom stereocenters. The van der Waals surface area contributed by atoms with Crippen LogP contribution in [0.15, 0.2) is 28.1 Å². The van der Waals surface area contributed by atoms with E-state index in [2.05, 4.69) is 19.3 Å². The topological polar surface area (TPSA) is 88.9 Å². The zero-order chi connectivity index (χ0) is 10.7. The molecule has 0 amide bonds. The van der Waals surface area contributed by atoms with E-state index >= 15 is 0 Å². The van der Waals surface area contributed by atoms with Crippen LogP contribution in [0, 0.1) is 0 Å². The van der Waals surface area contributed by atoms with Crippen LogP contribution in [0.25, 0.3) is 0 Å². The molecule has 0 aliphatic rings. The predicted molar refractivity (Wildman–Crippen MR) is 53.0 cm³/mol. The van der Waals surface area contributed by atoms with Crippen molar-refractivity contribution in [1.82, 2.24) is 19.3 Å². The fourth-order valence-corrected chi connectivity index (χ4v) is 2.09. The van der Waals surface area contributed by atoms with Gasteiger partial charge in [-0.25, -0.2) is 19.7 Å². The van der Waals surface area contributed by atoms with E-state index in [9.17, 15) is 4.79 Å². The summed E-state index contributed by atoms with van der Waals surface area (Å²) < 4.78 is 4.49. The Morgan fingerprint density at radius 3 is 3.00 bits per heavy atom. The summed E-state index contributed by atoms with van der Waals surface area (Å²) >= 11 is 2.39. The Kier molecular flexibility index (Phi) is 2.88. The lowest BCUT2D eigenvalue weighted by atomic mass is 10.4. The Labute approximate surface area is 92.6 Å². The van der Waals surface area contributed by atoms with Crippen molar-refractivity contribution in [1.29, 1.82) is 0 Å². The normalized spacial score (nSPS) is 10.1. The summed E-state index contributed by atoms with van der Waals surface area (Å²) in [6.07, 6.45) is 2.83. The molecule has 15 heavy (non-hydrogen) atoms. The molecule has 0 bridgehead atoms. The Morgan fingerprint density at radius 2 is 2.33 bits per heavy atom. The third-order valence-electron chi connectivity index (χ3n) is 1.37. The summed E-state index contributed by atoms with van der Waals surface area (Å²) in [6.45, 7) is 0. The van der Waals surface area contributed by atoms with Crippen molar-refractivity contribution >= 4 is 29.3 Å². The molecule has 0 radical (unpaired) electrons. The Hall–Kier alpha value is -1.54. The third-order valence-corrected chi connectivity index (χ3v) is 2.97. The van der Waals surface area contributed by atoms with Crippen LogP contribution in [0.3, 0.4) is 0 Å². The van der Waals surface area contributed by atoms with Crippen LogP contribution in [-0.2, 0) is 0 Å². The molecule has 0 unspecified atom stereocenters. The van der Waals surface area contributed by atoms with Crippen molar-refractivity contribution in [3.05, 3.63) is 24.3 Å². The Balaban J connectivity index is 2.22. The number of carbonyl (C=O) groups is 1. The van der Waals surface area contributed by atoms with Gasteiger partial charge in [0.15, 0.2) is 15.2 Å². The molecule has 76 valence electrons. The summed E-state index contributed by atoms with van der Waals surface area (Å²) in [4.78, 5) is 22.3. The predicted octanol–water partition coefficient (Wildman–Crippen LogP) is 1.18. The highest BCUT2D eigenvalue weighted by Gasteiger charge is 2.08. The minimum Gasteiger partial charge on any atom is -0.477 e. The van der Waals surface area contributed by atoms with Gasteiger partial charge in [0.25, 0.3) is 0 Å². The molecule has 0 aliphatic carbocycles. The van der Waals surface area contributed by atoms with Crippen molar-refractivity contribution in [3.63, 3.8) is 0 Å². The lowest BCUT2D eigenvalue weighted by Crippen LogP contribution is -2.01. The van der Waals surface area contributed by atoms with Crippen LogP contribution in [0.2, 0.25) is 0 Å². The van der Waals surface area contributed by atoms with Gasteiger partial charge in [0.05, 0.1) is 0 Å². The highest BCUT2D eigenvalue weighted by Crippen LogP contribution is 2.24. The standard InChI is InChI=1S/C7H4N4O2S2/c12-5(13)4-1-2-8-6(11-4)14-7-9-3-10-15-7/h1-3H,(H,12,13). The van der Waals surface area contributed by atoms with Gasteiger partial charge in [0, 0.05) is 6.20 Å². The van der Waals surface area contributed by atoms with Crippen LogP contribution in [0.1, 0.15) is 10.5 Å². The van der Waals surface area contributed by atoms with Crippen molar-refractivity contribution < 1.29 is 9.90 Å². The monoisotopic (exact) mass is 240 g/mol. The average molecular weight is 240 g/mol. The van der Waals surface area contributed by atoms with E-state index < -0.39 is 5.97 Å². The Morgan fingerprint density at radius 1 is 1.47 bits per heavy atom. The first-order valence-electron chi connectivity index (χ1n) is 3.76. The molecule has 0 spiro atoms. The molecule has 2 heterocycles. The highest BCUT2D eigenvalue weighted by atomic mass is 32.2. The van der Waals surface area contributed by atoms with Gasteiger partial charge in [0.1, 0.15) is 6.33 Å². The summed E-state index contributed by atoms with van der Waals surface area (Å²) in [5.74, 6) is -1.07. The first kappa shape index (κ1) is 9.99. The third kappa shape index (κ3) is 2.48. The quantitative estimate of drug-likeness (QED) is 0.805. The van der Waals surface area contributed by atoms with E-state index in [1.807, 2.05) is 0 Å². The largest absolute Gasteiger partial charge is 0.477 e. The van der Waals surface area contributed by atoms with E-state index in [1.165, 1.54) is 41.9 Å². The van der Waals surface area contributed by atoms with Crippen molar-refractivity contribution in [2.45, 2.75) is 9.50 Å². The SMILES string of the molecule is O=C(O)c1ccnc(Sc2ncns2)n1. The minimum absolute atomic E-state index is 0.0305. The molecule has 2 aromatic heterocycles. The lowest BCUT2D eigenvalue weighted by molar-refractivity contribution is 0.0689. The molecule has 6 nitrogen and oxygen atoms in total. The van der Waals surface area contributed by atoms with Gasteiger partial charge in [0.2, 0.25) is 0 Å². The van der Waals surface area contributed by atoms with Crippen LogP contribution in [-0.4, -0.2) is 30.4 Å². The second-order valence-electron chi connectivity index (χ2n) is 2.34. The maximum absolute atomic E-state index is 10.6. The van der Waals surface area contributed by atoms with Gasteiger partial charge < -0.3 is 5.11 Å². The maximum atomic E-state index is 10.6. The molecule has 1 N–H and O–H groups in total. The van der Waals surface area contributed by atoms with E-state index in [4.69, 9.17) is 5.11 Å². The number of aromatic nitrogens is 4. The molecule has 2 rings (SSSR count). The fraction of sp³-hybridized carbons (Fsp3) is 0. The summed E-state index contributed by atoms with van der Waals surface area (Å²) in [5, 5.41) is 9.06. The molecule has 0 aromatic carbocycles. The molecule has 0 saturated heterocycles. The zero-order valence-corrected chi connectivity index (χ0v) is 8.83. The second-order valence-corrected chi connectivity index (χ2v) is 4.33. The molecule has 0 saturated carbocycles. The van der Waals surface area contributed by atoms with Crippen LogP contribution >= 0.6 is 23.3 Å². The number of nitrogens with zero attached hydrogens (tertiary/aromatic N) is 4. The van der Waals surface area contributed by atoms with E-state index in [-0.39, 0.29) is 5.69 Å². The average Bonchev–Trinajstić information content (AvgIpc) is 2.71. The number of rotatable bonds is 3. The fourth-order valence-electron chi connectivity index (χ4n) is 0.795. The van der Waals surface area contributed by atoms with Gasteiger partial charge in [-0.15, -0.1) is 0 Å². The van der Waals surface area contributed by atoms with Crippen molar-refractivity contribution in [3.8, 4) is 0 Å². The lowest BCUT2D eigenvalue weighted by Gasteiger charge is -1.96. The van der Waals surface area contributed by atoms with E-state index in [1.54, 1.807) is 0 Å². The van der Waals surface area contributed by atoms with Gasteiger partial charge in [-0.05, 0) is 29.4 Å². The van der Waals surface area contributed by atoms with Gasteiger partial charge >= 0.3 is 5.97 Å². The van der Waals surface area contributed by atoms with Crippen molar-refractivity contribution in [2.75, 3.05) is 0 Å². The second kappa shape index (κ2) is 4.32. The molecular weight excluding hydrogens is 236 g/mol. The maximum Gasteiger partial charge on any atom is 0.354 e. The number of aromatic carboxylic acids is 1. The number of hydrogen-bond acceptors (Lipinski definition) is 7.